The summed E-state index contributed by atoms with van der Waals surface area (Å²) in [5, 5.41) is 9.24. The summed E-state index contributed by atoms with van der Waals surface area (Å²) >= 11 is 5.70. The van der Waals surface area contributed by atoms with Crippen molar-refractivity contribution in [1.29, 1.82) is 0 Å². The maximum atomic E-state index is 13.7. The van der Waals surface area contributed by atoms with Gasteiger partial charge in [-0.3, -0.25) is 0 Å². The first-order valence-corrected chi connectivity index (χ1v) is 5.42. The van der Waals surface area contributed by atoms with Crippen LogP contribution in [0.2, 0.25) is 5.02 Å². The van der Waals surface area contributed by atoms with Gasteiger partial charge in [-0.2, -0.15) is 0 Å². The summed E-state index contributed by atoms with van der Waals surface area (Å²) in [4.78, 5) is 0. The fraction of sp³-hybridized carbons (Fsp3) is 0.0769. The second-order valence-electron chi connectivity index (χ2n) is 3.63. The summed E-state index contributed by atoms with van der Waals surface area (Å²) in [7, 11) is 1.34. The van der Waals surface area contributed by atoms with Gasteiger partial charge in [0.25, 0.3) is 0 Å². The van der Waals surface area contributed by atoms with Gasteiger partial charge >= 0.3 is 0 Å². The van der Waals surface area contributed by atoms with Crippen LogP contribution < -0.4 is 4.74 Å². The molecular weight excluding hydrogens is 262 g/mol. The van der Waals surface area contributed by atoms with Crippen LogP contribution in [0.25, 0.3) is 11.1 Å². The number of ether oxygens (including phenoxy) is 1. The van der Waals surface area contributed by atoms with Gasteiger partial charge in [-0.05, 0) is 23.8 Å². The van der Waals surface area contributed by atoms with Crippen molar-refractivity contribution in [2.45, 2.75) is 0 Å². The number of aromatic hydroxyl groups is 1. The average Bonchev–Trinajstić information content (AvgIpc) is 2.33. The van der Waals surface area contributed by atoms with Gasteiger partial charge in [0.05, 0.1) is 12.1 Å². The van der Waals surface area contributed by atoms with E-state index in [0.29, 0.717) is 5.56 Å². The minimum absolute atomic E-state index is 0.00243. The van der Waals surface area contributed by atoms with Crippen molar-refractivity contribution in [1.82, 2.24) is 0 Å². The van der Waals surface area contributed by atoms with Crippen molar-refractivity contribution in [3.05, 3.63) is 47.0 Å². The molecule has 0 aromatic heterocycles. The highest BCUT2D eigenvalue weighted by atomic mass is 35.5. The lowest BCUT2D eigenvalue weighted by molar-refractivity contribution is 0.386. The van der Waals surface area contributed by atoms with Crippen molar-refractivity contribution in [2.24, 2.45) is 0 Å². The van der Waals surface area contributed by atoms with Gasteiger partial charge in [-0.25, -0.2) is 8.78 Å². The van der Waals surface area contributed by atoms with E-state index < -0.39 is 11.6 Å². The Kier molecular flexibility index (Phi) is 3.39. The third-order valence-corrected chi connectivity index (χ3v) is 2.80. The summed E-state index contributed by atoms with van der Waals surface area (Å²) in [6.07, 6.45) is 0. The number of methoxy groups -OCH3 is 1. The molecule has 0 aliphatic carbocycles. The molecule has 5 heteroatoms. The molecule has 0 fully saturated rings. The zero-order valence-corrected chi connectivity index (χ0v) is 10.1. The largest absolute Gasteiger partial charge is 0.506 e. The van der Waals surface area contributed by atoms with Crippen LogP contribution in [-0.2, 0) is 0 Å². The molecule has 0 amide bonds. The molecule has 0 radical (unpaired) electrons. The lowest BCUT2D eigenvalue weighted by Crippen LogP contribution is -1.90. The number of hydrogen-bond acceptors (Lipinski definition) is 2. The summed E-state index contributed by atoms with van der Waals surface area (Å²) in [6, 6.07) is 6.18. The van der Waals surface area contributed by atoms with E-state index in [-0.39, 0.29) is 22.1 Å². The molecule has 0 spiro atoms. The maximum absolute atomic E-state index is 13.7. The molecule has 0 unspecified atom stereocenters. The fourth-order valence-corrected chi connectivity index (χ4v) is 1.76. The smallest absolute Gasteiger partial charge is 0.165 e. The van der Waals surface area contributed by atoms with E-state index in [2.05, 4.69) is 0 Å². The second kappa shape index (κ2) is 4.82. The molecule has 2 aromatic rings. The minimum atomic E-state index is -0.679. The second-order valence-corrected chi connectivity index (χ2v) is 4.04. The molecule has 0 saturated carbocycles. The highest BCUT2D eigenvalue weighted by Crippen LogP contribution is 2.33. The highest BCUT2D eigenvalue weighted by molar-refractivity contribution is 6.32. The number of halogens is 3. The molecule has 0 aliphatic heterocycles. The van der Waals surface area contributed by atoms with Crippen LogP contribution in [0.3, 0.4) is 0 Å². The number of hydrogen-bond donors (Lipinski definition) is 1. The predicted molar refractivity (Wildman–Crippen MR) is 65.0 cm³/mol. The molecule has 0 saturated heterocycles. The SMILES string of the molecule is COc1ccc(-c2cc(Cl)c(O)cc2F)cc1F. The van der Waals surface area contributed by atoms with Crippen LogP contribution in [-0.4, -0.2) is 12.2 Å². The Bertz CT molecular complexity index is 600. The third kappa shape index (κ3) is 2.24. The standard InChI is InChI=1S/C13H9ClF2O2/c1-18-13-3-2-7(4-11(13)16)8-5-9(14)12(17)6-10(8)15/h2-6,17H,1H3. The summed E-state index contributed by atoms with van der Waals surface area (Å²) < 4.78 is 31.9. The summed E-state index contributed by atoms with van der Waals surface area (Å²) in [5.74, 6) is -1.56. The number of phenols is 1. The Balaban J connectivity index is 2.55. The van der Waals surface area contributed by atoms with E-state index in [0.717, 1.165) is 12.1 Å². The number of benzene rings is 2. The Morgan fingerprint density at radius 3 is 2.44 bits per heavy atom. The van der Waals surface area contributed by atoms with E-state index in [1.807, 2.05) is 0 Å². The molecule has 0 atom stereocenters. The Morgan fingerprint density at radius 2 is 1.83 bits per heavy atom. The third-order valence-electron chi connectivity index (χ3n) is 2.50. The molecule has 1 N–H and O–H groups in total. The molecule has 2 aromatic carbocycles. The highest BCUT2D eigenvalue weighted by Gasteiger charge is 2.12. The summed E-state index contributed by atoms with van der Waals surface area (Å²) in [6.45, 7) is 0. The molecule has 2 rings (SSSR count). The monoisotopic (exact) mass is 270 g/mol. The van der Waals surface area contributed by atoms with Gasteiger partial charge in [0.15, 0.2) is 11.6 Å². The Labute approximate surface area is 107 Å². The predicted octanol–water partition coefficient (Wildman–Crippen LogP) is 4.00. The van der Waals surface area contributed by atoms with E-state index in [1.165, 1.54) is 25.3 Å². The van der Waals surface area contributed by atoms with Crippen molar-refractivity contribution < 1.29 is 18.6 Å². The van der Waals surface area contributed by atoms with Crippen molar-refractivity contribution in [2.75, 3.05) is 7.11 Å². The topological polar surface area (TPSA) is 29.5 Å². The first kappa shape index (κ1) is 12.6. The molecule has 0 heterocycles. The Hall–Kier alpha value is -1.81. The Morgan fingerprint density at radius 1 is 1.11 bits per heavy atom. The lowest BCUT2D eigenvalue weighted by atomic mass is 10.0. The molecule has 94 valence electrons. The van der Waals surface area contributed by atoms with Gasteiger partial charge < -0.3 is 9.84 Å². The van der Waals surface area contributed by atoms with Gasteiger partial charge in [0, 0.05) is 11.6 Å². The van der Waals surface area contributed by atoms with Crippen LogP contribution in [0.5, 0.6) is 11.5 Å². The van der Waals surface area contributed by atoms with E-state index in [1.54, 1.807) is 0 Å². The number of phenolic OH excluding ortho intramolecular Hbond substituents is 1. The van der Waals surface area contributed by atoms with Crippen molar-refractivity contribution >= 4 is 11.6 Å². The van der Waals surface area contributed by atoms with Gasteiger partial charge in [0.1, 0.15) is 11.6 Å². The normalized spacial score (nSPS) is 10.4. The van der Waals surface area contributed by atoms with Crippen LogP contribution in [0.4, 0.5) is 8.78 Å². The lowest BCUT2D eigenvalue weighted by Gasteiger charge is -2.08. The molecule has 0 aliphatic rings. The van der Waals surface area contributed by atoms with Crippen LogP contribution in [0.15, 0.2) is 30.3 Å². The van der Waals surface area contributed by atoms with E-state index >= 15 is 0 Å². The van der Waals surface area contributed by atoms with Crippen LogP contribution >= 0.6 is 11.6 Å². The molecule has 0 bridgehead atoms. The minimum Gasteiger partial charge on any atom is -0.506 e. The zero-order chi connectivity index (χ0) is 13.3. The first-order chi connectivity index (χ1) is 8.52. The van der Waals surface area contributed by atoms with Crippen LogP contribution in [0.1, 0.15) is 0 Å². The maximum Gasteiger partial charge on any atom is 0.165 e. The molecular formula is C13H9ClF2O2. The zero-order valence-electron chi connectivity index (χ0n) is 9.38. The van der Waals surface area contributed by atoms with Crippen LogP contribution in [0, 0.1) is 11.6 Å². The fourth-order valence-electron chi connectivity index (χ4n) is 1.59. The van der Waals surface area contributed by atoms with Gasteiger partial charge in [-0.1, -0.05) is 17.7 Å². The van der Waals surface area contributed by atoms with Gasteiger partial charge in [-0.15, -0.1) is 0 Å². The quantitative estimate of drug-likeness (QED) is 0.894. The van der Waals surface area contributed by atoms with E-state index in [9.17, 15) is 13.9 Å². The summed E-state index contributed by atoms with van der Waals surface area (Å²) in [5.41, 5.74) is 0.423. The van der Waals surface area contributed by atoms with Gasteiger partial charge in [0.2, 0.25) is 0 Å². The van der Waals surface area contributed by atoms with E-state index in [4.69, 9.17) is 16.3 Å². The average molecular weight is 271 g/mol. The first-order valence-electron chi connectivity index (χ1n) is 5.05. The molecule has 18 heavy (non-hydrogen) atoms. The molecule has 2 nitrogen and oxygen atoms in total. The van der Waals surface area contributed by atoms with Crippen molar-refractivity contribution in [3.8, 4) is 22.6 Å². The number of rotatable bonds is 2. The van der Waals surface area contributed by atoms with Crippen molar-refractivity contribution in [3.63, 3.8) is 0 Å².